The van der Waals surface area contributed by atoms with Gasteiger partial charge >= 0.3 is 0 Å². The molecule has 0 aliphatic carbocycles. The van der Waals surface area contributed by atoms with Crippen LogP contribution in [-0.2, 0) is 6.42 Å². The first kappa shape index (κ1) is 21.7. The van der Waals surface area contributed by atoms with Crippen LogP contribution in [0, 0.1) is 5.92 Å². The number of aromatic amines is 1. The number of nitrogens with one attached hydrogen (secondary N) is 1. The van der Waals surface area contributed by atoms with Gasteiger partial charge in [0.2, 0.25) is 6.33 Å². The monoisotopic (exact) mass is 369 g/mol. The molecule has 0 fully saturated rings. The summed E-state index contributed by atoms with van der Waals surface area (Å²) in [7, 11) is 0. The highest BCUT2D eigenvalue weighted by molar-refractivity contribution is 5.15. The lowest BCUT2D eigenvalue weighted by Gasteiger charge is -2.25. The standard InChI is InChI=1S/C25H40N2/c1-3-5-7-8-9-10-14-17-24(21-23-15-12-11-13-16-23)25(18-6-4-2)27-20-19-26-22-27/h11-13,15-16,19-20,22,24-25H,3-10,14,17-18,21H2,1-2H3/p+1. The lowest BCUT2D eigenvalue weighted by molar-refractivity contribution is -0.730. The van der Waals surface area contributed by atoms with Crippen molar-refractivity contribution in [2.24, 2.45) is 5.92 Å². The molecule has 2 aromatic rings. The second-order valence-corrected chi connectivity index (χ2v) is 8.13. The Hall–Kier alpha value is -1.57. The molecule has 27 heavy (non-hydrogen) atoms. The number of hydrogen-bond donors (Lipinski definition) is 1. The fraction of sp³-hybridized carbons (Fsp3) is 0.640. The molecule has 0 aliphatic heterocycles. The normalized spacial score (nSPS) is 13.6. The SMILES string of the molecule is CCCCCCCCCC(Cc1ccccc1)C(CCCC)[n+]1cc[nH]c1. The largest absolute Gasteiger partial charge is 0.250 e. The molecule has 2 nitrogen and oxygen atoms in total. The van der Waals surface area contributed by atoms with E-state index >= 15 is 0 Å². The van der Waals surface area contributed by atoms with Gasteiger partial charge in [-0.1, -0.05) is 95.5 Å². The Morgan fingerprint density at radius 3 is 2.19 bits per heavy atom. The molecule has 0 spiro atoms. The molecule has 0 amide bonds. The summed E-state index contributed by atoms with van der Waals surface area (Å²) in [4.78, 5) is 3.26. The van der Waals surface area contributed by atoms with E-state index < -0.39 is 0 Å². The van der Waals surface area contributed by atoms with Gasteiger partial charge in [0, 0.05) is 5.92 Å². The van der Waals surface area contributed by atoms with E-state index in [4.69, 9.17) is 0 Å². The Morgan fingerprint density at radius 1 is 0.815 bits per heavy atom. The first-order valence-electron chi connectivity index (χ1n) is 11.4. The molecule has 150 valence electrons. The number of imidazole rings is 1. The van der Waals surface area contributed by atoms with Crippen LogP contribution in [0.2, 0.25) is 0 Å². The van der Waals surface area contributed by atoms with Crippen LogP contribution in [0.5, 0.6) is 0 Å². The van der Waals surface area contributed by atoms with E-state index in [1.165, 1.54) is 82.6 Å². The van der Waals surface area contributed by atoms with Crippen molar-refractivity contribution < 1.29 is 4.57 Å². The van der Waals surface area contributed by atoms with Crippen LogP contribution in [0.25, 0.3) is 0 Å². The topological polar surface area (TPSA) is 19.7 Å². The maximum absolute atomic E-state index is 3.26. The summed E-state index contributed by atoms with van der Waals surface area (Å²) in [5.41, 5.74) is 1.49. The van der Waals surface area contributed by atoms with Gasteiger partial charge in [0.15, 0.2) is 0 Å². The molecule has 0 aliphatic rings. The second-order valence-electron chi connectivity index (χ2n) is 8.13. The molecule has 2 heteroatoms. The fourth-order valence-corrected chi connectivity index (χ4v) is 4.26. The molecule has 0 saturated heterocycles. The van der Waals surface area contributed by atoms with Crippen molar-refractivity contribution in [1.29, 1.82) is 0 Å². The van der Waals surface area contributed by atoms with Gasteiger partial charge in [0.1, 0.15) is 18.4 Å². The van der Waals surface area contributed by atoms with E-state index in [1.807, 2.05) is 0 Å². The van der Waals surface area contributed by atoms with Crippen LogP contribution in [0.1, 0.15) is 96.1 Å². The van der Waals surface area contributed by atoms with E-state index in [0.29, 0.717) is 6.04 Å². The predicted molar refractivity (Wildman–Crippen MR) is 116 cm³/mol. The molecule has 2 atom stereocenters. The molecule has 2 unspecified atom stereocenters. The summed E-state index contributed by atoms with van der Waals surface area (Å²) in [6.45, 7) is 4.60. The van der Waals surface area contributed by atoms with Crippen molar-refractivity contribution in [3.63, 3.8) is 0 Å². The summed E-state index contributed by atoms with van der Waals surface area (Å²) in [6.07, 6.45) is 22.6. The minimum Gasteiger partial charge on any atom is -0.250 e. The molecule has 1 heterocycles. The van der Waals surface area contributed by atoms with Gasteiger partial charge in [-0.15, -0.1) is 0 Å². The number of rotatable bonds is 15. The third-order valence-electron chi connectivity index (χ3n) is 5.87. The Balaban J connectivity index is 1.96. The van der Waals surface area contributed by atoms with E-state index in [0.717, 1.165) is 5.92 Å². The minimum atomic E-state index is 0.608. The van der Waals surface area contributed by atoms with E-state index in [2.05, 4.69) is 72.5 Å². The number of nitrogens with zero attached hydrogens (tertiary/aromatic N) is 1. The summed E-state index contributed by atoms with van der Waals surface area (Å²) in [5, 5.41) is 0. The number of aromatic nitrogens is 2. The fourth-order valence-electron chi connectivity index (χ4n) is 4.26. The Kier molecular flexibility index (Phi) is 10.9. The van der Waals surface area contributed by atoms with E-state index in [1.54, 1.807) is 0 Å². The maximum atomic E-state index is 3.26. The highest BCUT2D eigenvalue weighted by Crippen LogP contribution is 2.28. The highest BCUT2D eigenvalue weighted by Gasteiger charge is 2.26. The van der Waals surface area contributed by atoms with Gasteiger partial charge in [-0.05, 0) is 31.2 Å². The lowest BCUT2D eigenvalue weighted by Crippen LogP contribution is -2.42. The van der Waals surface area contributed by atoms with E-state index in [-0.39, 0.29) is 0 Å². The van der Waals surface area contributed by atoms with Gasteiger partial charge in [-0.25, -0.2) is 4.57 Å². The second kappa shape index (κ2) is 13.6. The average Bonchev–Trinajstić information content (AvgIpc) is 3.22. The highest BCUT2D eigenvalue weighted by atomic mass is 15.1. The van der Waals surface area contributed by atoms with Gasteiger partial charge in [-0.3, -0.25) is 4.98 Å². The molecule has 1 aromatic carbocycles. The smallest absolute Gasteiger partial charge is 0.241 e. The van der Waals surface area contributed by atoms with Crippen molar-refractivity contribution in [2.45, 2.75) is 96.9 Å². The number of benzene rings is 1. The van der Waals surface area contributed by atoms with Crippen LogP contribution in [0.3, 0.4) is 0 Å². The zero-order valence-corrected chi connectivity index (χ0v) is 17.7. The summed E-state index contributed by atoms with van der Waals surface area (Å²) in [5.74, 6) is 0.718. The third-order valence-corrected chi connectivity index (χ3v) is 5.87. The molecule has 1 N–H and O–H groups in total. The zero-order valence-electron chi connectivity index (χ0n) is 17.7. The number of hydrogen-bond acceptors (Lipinski definition) is 0. The third kappa shape index (κ3) is 8.32. The van der Waals surface area contributed by atoms with Crippen LogP contribution in [0.15, 0.2) is 49.1 Å². The number of H-pyrrole nitrogens is 1. The predicted octanol–water partition coefficient (Wildman–Crippen LogP) is 7.03. The van der Waals surface area contributed by atoms with Crippen molar-refractivity contribution in [2.75, 3.05) is 0 Å². The van der Waals surface area contributed by atoms with E-state index in [9.17, 15) is 0 Å². The van der Waals surface area contributed by atoms with Gasteiger partial charge in [0.05, 0.1) is 0 Å². The van der Waals surface area contributed by atoms with Crippen molar-refractivity contribution >= 4 is 0 Å². The van der Waals surface area contributed by atoms with Crippen molar-refractivity contribution in [1.82, 2.24) is 4.98 Å². The van der Waals surface area contributed by atoms with Crippen LogP contribution < -0.4 is 4.57 Å². The zero-order chi connectivity index (χ0) is 19.2. The Morgan fingerprint density at radius 2 is 1.52 bits per heavy atom. The Labute approximate surface area is 167 Å². The van der Waals surface area contributed by atoms with Crippen molar-refractivity contribution in [3.8, 4) is 0 Å². The first-order chi connectivity index (χ1) is 13.3. The van der Waals surface area contributed by atoms with Crippen LogP contribution >= 0.6 is 0 Å². The summed E-state index contributed by atoms with van der Waals surface area (Å²) in [6, 6.07) is 11.7. The lowest BCUT2D eigenvalue weighted by atomic mass is 9.84. The molecule has 2 rings (SSSR count). The molecule has 0 radical (unpaired) electrons. The molecule has 0 bridgehead atoms. The van der Waals surface area contributed by atoms with Gasteiger partial charge in [-0.2, -0.15) is 0 Å². The van der Waals surface area contributed by atoms with Crippen LogP contribution in [0.4, 0.5) is 0 Å². The summed E-state index contributed by atoms with van der Waals surface area (Å²) >= 11 is 0. The minimum absolute atomic E-state index is 0.608. The average molecular weight is 370 g/mol. The number of unbranched alkanes of at least 4 members (excludes halogenated alkanes) is 7. The van der Waals surface area contributed by atoms with Gasteiger partial charge < -0.3 is 0 Å². The van der Waals surface area contributed by atoms with Gasteiger partial charge in [0.25, 0.3) is 0 Å². The molecular weight excluding hydrogens is 328 g/mol. The molecule has 1 aromatic heterocycles. The Bertz CT molecular complexity index is 561. The maximum Gasteiger partial charge on any atom is 0.241 e. The van der Waals surface area contributed by atoms with Crippen molar-refractivity contribution in [3.05, 3.63) is 54.6 Å². The molecule has 0 saturated carbocycles. The quantitative estimate of drug-likeness (QED) is 0.257. The molecular formula is C25H41N2+. The summed E-state index contributed by atoms with van der Waals surface area (Å²) < 4.78 is 2.44. The first-order valence-corrected chi connectivity index (χ1v) is 11.4. The van der Waals surface area contributed by atoms with Crippen LogP contribution in [-0.4, -0.2) is 4.98 Å².